The zero-order chi connectivity index (χ0) is 11.3. The highest BCUT2D eigenvalue weighted by Crippen LogP contribution is 2.29. The van der Waals surface area contributed by atoms with Crippen LogP contribution in [-0.4, -0.2) is 37.0 Å². The minimum Gasteiger partial charge on any atom is -0.342 e. The lowest BCUT2D eigenvalue weighted by Gasteiger charge is -2.24. The van der Waals surface area contributed by atoms with Crippen LogP contribution in [0.5, 0.6) is 0 Å². The van der Waals surface area contributed by atoms with Gasteiger partial charge in [0.25, 0.3) is 0 Å². The van der Waals surface area contributed by atoms with Crippen LogP contribution < -0.4 is 5.32 Å². The maximum absolute atomic E-state index is 12.0. The predicted octanol–water partition coefficient (Wildman–Crippen LogP) is 1.49. The molecule has 1 unspecified atom stereocenters. The number of carbonyl (C=O) groups excluding carboxylic acids is 1. The van der Waals surface area contributed by atoms with Crippen LogP contribution in [0.15, 0.2) is 0 Å². The molecule has 1 fully saturated rings. The molecule has 0 saturated heterocycles. The number of hydrogen-bond acceptors (Lipinski definition) is 2. The fourth-order valence-corrected chi connectivity index (χ4v) is 1.75. The molecule has 1 N–H and O–H groups in total. The SMILES string of the molecule is CCNCC(C)C(=O)N(CC)CC1CC1. The van der Waals surface area contributed by atoms with Gasteiger partial charge in [-0.05, 0) is 32.2 Å². The molecular formula is C12H24N2O. The number of rotatable bonds is 7. The van der Waals surface area contributed by atoms with Gasteiger partial charge in [-0.2, -0.15) is 0 Å². The Hall–Kier alpha value is -0.570. The van der Waals surface area contributed by atoms with Gasteiger partial charge in [-0.25, -0.2) is 0 Å². The normalized spacial score (nSPS) is 17.5. The molecule has 0 heterocycles. The maximum atomic E-state index is 12.0. The van der Waals surface area contributed by atoms with Crippen molar-refractivity contribution in [2.75, 3.05) is 26.2 Å². The molecule has 88 valence electrons. The molecule has 15 heavy (non-hydrogen) atoms. The van der Waals surface area contributed by atoms with E-state index >= 15 is 0 Å². The van der Waals surface area contributed by atoms with E-state index in [0.717, 1.165) is 32.1 Å². The molecule has 0 spiro atoms. The van der Waals surface area contributed by atoms with Crippen molar-refractivity contribution in [3.8, 4) is 0 Å². The molecule has 0 aromatic heterocycles. The van der Waals surface area contributed by atoms with Crippen LogP contribution in [0, 0.1) is 11.8 Å². The molecule has 0 bridgehead atoms. The van der Waals surface area contributed by atoms with Gasteiger partial charge in [-0.15, -0.1) is 0 Å². The second kappa shape index (κ2) is 6.11. The fourth-order valence-electron chi connectivity index (χ4n) is 1.75. The largest absolute Gasteiger partial charge is 0.342 e. The molecule has 3 nitrogen and oxygen atoms in total. The first-order chi connectivity index (χ1) is 7.19. The van der Waals surface area contributed by atoms with E-state index < -0.39 is 0 Å². The third-order valence-electron chi connectivity index (χ3n) is 2.99. The Morgan fingerprint density at radius 1 is 1.47 bits per heavy atom. The molecule has 0 aromatic rings. The lowest BCUT2D eigenvalue weighted by Crippen LogP contribution is -2.40. The van der Waals surface area contributed by atoms with Crippen LogP contribution in [0.3, 0.4) is 0 Å². The molecule has 1 atom stereocenters. The monoisotopic (exact) mass is 212 g/mol. The van der Waals surface area contributed by atoms with Crippen molar-refractivity contribution in [2.24, 2.45) is 11.8 Å². The Labute approximate surface area is 93.2 Å². The number of hydrogen-bond donors (Lipinski definition) is 1. The second-order valence-electron chi connectivity index (χ2n) is 4.53. The summed E-state index contributed by atoms with van der Waals surface area (Å²) in [5.74, 6) is 1.22. The van der Waals surface area contributed by atoms with Crippen molar-refractivity contribution in [3.63, 3.8) is 0 Å². The van der Waals surface area contributed by atoms with E-state index in [1.54, 1.807) is 0 Å². The summed E-state index contributed by atoms with van der Waals surface area (Å²) in [5, 5.41) is 3.23. The van der Waals surface area contributed by atoms with Crippen LogP contribution in [0.4, 0.5) is 0 Å². The molecular weight excluding hydrogens is 188 g/mol. The molecule has 0 aromatic carbocycles. The minimum atomic E-state index is 0.114. The van der Waals surface area contributed by atoms with E-state index in [9.17, 15) is 4.79 Å². The first-order valence-corrected chi connectivity index (χ1v) is 6.18. The van der Waals surface area contributed by atoms with E-state index in [2.05, 4.69) is 19.2 Å². The van der Waals surface area contributed by atoms with Gasteiger partial charge in [-0.3, -0.25) is 4.79 Å². The van der Waals surface area contributed by atoms with Gasteiger partial charge in [0, 0.05) is 25.6 Å². The van der Waals surface area contributed by atoms with Gasteiger partial charge < -0.3 is 10.2 Å². The third kappa shape index (κ3) is 4.20. The average Bonchev–Trinajstić information content (AvgIpc) is 3.05. The second-order valence-corrected chi connectivity index (χ2v) is 4.53. The van der Waals surface area contributed by atoms with Crippen molar-refractivity contribution in [2.45, 2.75) is 33.6 Å². The summed E-state index contributed by atoms with van der Waals surface area (Å²) in [6.07, 6.45) is 2.62. The van der Waals surface area contributed by atoms with Crippen molar-refractivity contribution >= 4 is 5.91 Å². The highest BCUT2D eigenvalue weighted by molar-refractivity contribution is 5.78. The van der Waals surface area contributed by atoms with Gasteiger partial charge in [0.2, 0.25) is 5.91 Å². The van der Waals surface area contributed by atoms with E-state index in [0.29, 0.717) is 5.91 Å². The number of nitrogens with one attached hydrogen (secondary N) is 1. The van der Waals surface area contributed by atoms with Crippen molar-refractivity contribution in [1.82, 2.24) is 10.2 Å². The van der Waals surface area contributed by atoms with Crippen LogP contribution in [0.1, 0.15) is 33.6 Å². The molecule has 0 aliphatic heterocycles. The summed E-state index contributed by atoms with van der Waals surface area (Å²) < 4.78 is 0. The highest BCUT2D eigenvalue weighted by Gasteiger charge is 2.27. The Balaban J connectivity index is 2.32. The summed E-state index contributed by atoms with van der Waals surface area (Å²) >= 11 is 0. The molecule has 1 saturated carbocycles. The Bertz CT molecular complexity index is 202. The Kier molecular flexibility index (Phi) is 5.09. The summed E-state index contributed by atoms with van der Waals surface area (Å²) in [7, 11) is 0. The zero-order valence-corrected chi connectivity index (χ0v) is 10.3. The van der Waals surface area contributed by atoms with Crippen LogP contribution in [0.25, 0.3) is 0 Å². The number of carbonyl (C=O) groups is 1. The van der Waals surface area contributed by atoms with E-state index in [-0.39, 0.29) is 5.92 Å². The van der Waals surface area contributed by atoms with Gasteiger partial charge in [0.15, 0.2) is 0 Å². The topological polar surface area (TPSA) is 32.3 Å². The summed E-state index contributed by atoms with van der Waals surface area (Å²) in [6, 6.07) is 0. The van der Waals surface area contributed by atoms with E-state index in [1.807, 2.05) is 11.8 Å². The molecule has 1 aliphatic rings. The van der Waals surface area contributed by atoms with Gasteiger partial charge in [0.1, 0.15) is 0 Å². The first-order valence-electron chi connectivity index (χ1n) is 6.18. The molecule has 0 radical (unpaired) electrons. The summed E-state index contributed by atoms with van der Waals surface area (Å²) in [5.41, 5.74) is 0. The van der Waals surface area contributed by atoms with Crippen LogP contribution >= 0.6 is 0 Å². The zero-order valence-electron chi connectivity index (χ0n) is 10.3. The Morgan fingerprint density at radius 3 is 2.60 bits per heavy atom. The number of amides is 1. The molecule has 1 rings (SSSR count). The van der Waals surface area contributed by atoms with Crippen molar-refractivity contribution in [3.05, 3.63) is 0 Å². The van der Waals surface area contributed by atoms with Crippen LogP contribution in [0.2, 0.25) is 0 Å². The maximum Gasteiger partial charge on any atom is 0.226 e. The minimum absolute atomic E-state index is 0.114. The average molecular weight is 212 g/mol. The molecule has 1 amide bonds. The standard InChI is InChI=1S/C12H24N2O/c1-4-13-8-10(3)12(15)14(5-2)9-11-6-7-11/h10-11,13H,4-9H2,1-3H3. The van der Waals surface area contributed by atoms with Gasteiger partial charge in [-0.1, -0.05) is 13.8 Å². The van der Waals surface area contributed by atoms with Crippen LogP contribution in [-0.2, 0) is 4.79 Å². The van der Waals surface area contributed by atoms with Crippen molar-refractivity contribution in [1.29, 1.82) is 0 Å². The smallest absolute Gasteiger partial charge is 0.226 e. The molecule has 3 heteroatoms. The number of nitrogens with zero attached hydrogens (tertiary/aromatic N) is 1. The third-order valence-corrected chi connectivity index (χ3v) is 2.99. The van der Waals surface area contributed by atoms with Gasteiger partial charge >= 0.3 is 0 Å². The van der Waals surface area contributed by atoms with Crippen molar-refractivity contribution < 1.29 is 4.79 Å². The quantitative estimate of drug-likeness (QED) is 0.693. The van der Waals surface area contributed by atoms with Gasteiger partial charge in [0.05, 0.1) is 0 Å². The highest BCUT2D eigenvalue weighted by atomic mass is 16.2. The fraction of sp³-hybridized carbons (Fsp3) is 0.917. The Morgan fingerprint density at radius 2 is 2.13 bits per heavy atom. The molecule has 1 aliphatic carbocycles. The lowest BCUT2D eigenvalue weighted by molar-refractivity contribution is -0.134. The lowest BCUT2D eigenvalue weighted by atomic mass is 10.1. The summed E-state index contributed by atoms with van der Waals surface area (Å²) in [6.45, 7) is 9.72. The van der Waals surface area contributed by atoms with E-state index in [1.165, 1.54) is 12.8 Å². The van der Waals surface area contributed by atoms with E-state index in [4.69, 9.17) is 0 Å². The summed E-state index contributed by atoms with van der Waals surface area (Å²) in [4.78, 5) is 14.0. The first kappa shape index (κ1) is 12.5. The predicted molar refractivity (Wildman–Crippen MR) is 62.7 cm³/mol.